The van der Waals surface area contributed by atoms with Gasteiger partial charge in [-0.2, -0.15) is 0 Å². The molecule has 0 aromatic carbocycles. The zero-order valence-electron chi connectivity index (χ0n) is 16.3. The van der Waals surface area contributed by atoms with E-state index in [9.17, 15) is 4.79 Å². The highest BCUT2D eigenvalue weighted by molar-refractivity contribution is 5.81. The van der Waals surface area contributed by atoms with Crippen molar-refractivity contribution in [2.24, 2.45) is 16.8 Å². The smallest absolute Gasteiger partial charge is 0.310 e. The minimum atomic E-state index is -0.0612. The zero-order valence-corrected chi connectivity index (χ0v) is 16.3. The van der Waals surface area contributed by atoms with Gasteiger partial charge >= 0.3 is 5.97 Å². The van der Waals surface area contributed by atoms with Crippen molar-refractivity contribution in [3.05, 3.63) is 0 Å². The predicted molar refractivity (Wildman–Crippen MR) is 102 cm³/mol. The van der Waals surface area contributed by atoms with E-state index in [1.165, 1.54) is 19.4 Å². The van der Waals surface area contributed by atoms with Gasteiger partial charge in [0, 0.05) is 32.7 Å². The standard InChI is InChI=1S/C19H36N4O2/c1-4-20-19(21-13-16-9-7-11-22(5-2)14-16)23-12-8-10-17(15-23)18(24)25-6-3/h16-17H,4-15H2,1-3H3,(H,20,21). The molecule has 2 heterocycles. The van der Waals surface area contributed by atoms with Gasteiger partial charge in [0.1, 0.15) is 0 Å². The fraction of sp³-hybridized carbons (Fsp3) is 0.895. The van der Waals surface area contributed by atoms with E-state index in [-0.39, 0.29) is 11.9 Å². The molecule has 0 bridgehead atoms. The number of guanidine groups is 1. The summed E-state index contributed by atoms with van der Waals surface area (Å²) in [7, 11) is 0. The van der Waals surface area contributed by atoms with E-state index < -0.39 is 0 Å². The molecular weight excluding hydrogens is 316 g/mol. The highest BCUT2D eigenvalue weighted by atomic mass is 16.5. The molecule has 2 aliphatic heterocycles. The van der Waals surface area contributed by atoms with E-state index in [4.69, 9.17) is 9.73 Å². The van der Waals surface area contributed by atoms with Crippen LogP contribution in [0, 0.1) is 11.8 Å². The lowest BCUT2D eigenvalue weighted by Crippen LogP contribution is -2.48. The quantitative estimate of drug-likeness (QED) is 0.450. The third-order valence-corrected chi connectivity index (χ3v) is 5.23. The van der Waals surface area contributed by atoms with Crippen LogP contribution in [0.15, 0.2) is 4.99 Å². The van der Waals surface area contributed by atoms with Crippen LogP contribution in [0.25, 0.3) is 0 Å². The average Bonchev–Trinajstić information content (AvgIpc) is 2.65. The molecule has 25 heavy (non-hydrogen) atoms. The van der Waals surface area contributed by atoms with Crippen LogP contribution < -0.4 is 5.32 Å². The van der Waals surface area contributed by atoms with Crippen LogP contribution >= 0.6 is 0 Å². The molecule has 0 aromatic heterocycles. The van der Waals surface area contributed by atoms with Gasteiger partial charge < -0.3 is 19.9 Å². The van der Waals surface area contributed by atoms with Gasteiger partial charge in [0.25, 0.3) is 0 Å². The van der Waals surface area contributed by atoms with Crippen molar-refractivity contribution >= 4 is 11.9 Å². The molecule has 144 valence electrons. The van der Waals surface area contributed by atoms with Crippen molar-refractivity contribution in [2.45, 2.75) is 46.5 Å². The van der Waals surface area contributed by atoms with Crippen LogP contribution in [0.5, 0.6) is 0 Å². The second-order valence-corrected chi connectivity index (χ2v) is 7.13. The summed E-state index contributed by atoms with van der Waals surface area (Å²) in [5.41, 5.74) is 0. The lowest BCUT2D eigenvalue weighted by Gasteiger charge is -2.35. The van der Waals surface area contributed by atoms with Crippen molar-refractivity contribution in [3.8, 4) is 0 Å². The van der Waals surface area contributed by atoms with Gasteiger partial charge in [-0.25, -0.2) is 0 Å². The van der Waals surface area contributed by atoms with Gasteiger partial charge in [-0.1, -0.05) is 6.92 Å². The Kier molecular flexibility index (Phi) is 8.52. The van der Waals surface area contributed by atoms with Crippen LogP contribution in [0.2, 0.25) is 0 Å². The molecule has 0 aromatic rings. The van der Waals surface area contributed by atoms with E-state index in [0.29, 0.717) is 12.5 Å². The van der Waals surface area contributed by atoms with Crippen molar-refractivity contribution in [3.63, 3.8) is 0 Å². The molecule has 2 fully saturated rings. The van der Waals surface area contributed by atoms with Crippen LogP contribution in [0.4, 0.5) is 0 Å². The number of carbonyl (C=O) groups is 1. The van der Waals surface area contributed by atoms with Gasteiger partial charge in [0.2, 0.25) is 0 Å². The van der Waals surface area contributed by atoms with Crippen LogP contribution in [0.1, 0.15) is 46.5 Å². The Morgan fingerprint density at radius 3 is 2.68 bits per heavy atom. The predicted octanol–water partition coefficient (Wildman–Crippen LogP) is 1.96. The van der Waals surface area contributed by atoms with Crippen LogP contribution in [0.3, 0.4) is 0 Å². The number of aliphatic imine (C=N–C) groups is 1. The highest BCUT2D eigenvalue weighted by Crippen LogP contribution is 2.19. The number of ether oxygens (including phenoxy) is 1. The first kappa shape index (κ1) is 20.0. The maximum absolute atomic E-state index is 12.1. The van der Waals surface area contributed by atoms with Gasteiger partial charge in [0.15, 0.2) is 5.96 Å². The summed E-state index contributed by atoms with van der Waals surface area (Å²) in [4.78, 5) is 21.8. The Morgan fingerprint density at radius 2 is 1.96 bits per heavy atom. The van der Waals surface area contributed by atoms with Crippen molar-refractivity contribution in [1.29, 1.82) is 0 Å². The first-order valence-corrected chi connectivity index (χ1v) is 10.1. The van der Waals surface area contributed by atoms with Gasteiger partial charge in [-0.05, 0) is 58.5 Å². The van der Waals surface area contributed by atoms with E-state index in [2.05, 4.69) is 29.0 Å². The van der Waals surface area contributed by atoms with Crippen molar-refractivity contribution < 1.29 is 9.53 Å². The molecular formula is C19H36N4O2. The molecule has 0 aliphatic carbocycles. The summed E-state index contributed by atoms with van der Waals surface area (Å²) < 4.78 is 5.22. The number of hydrogen-bond acceptors (Lipinski definition) is 4. The molecule has 6 nitrogen and oxygen atoms in total. The monoisotopic (exact) mass is 352 g/mol. The van der Waals surface area contributed by atoms with E-state index >= 15 is 0 Å². The highest BCUT2D eigenvalue weighted by Gasteiger charge is 2.28. The summed E-state index contributed by atoms with van der Waals surface area (Å²) in [6.07, 6.45) is 4.48. The number of piperidine rings is 2. The molecule has 2 atom stereocenters. The second-order valence-electron chi connectivity index (χ2n) is 7.13. The molecule has 2 unspecified atom stereocenters. The number of nitrogens with zero attached hydrogens (tertiary/aromatic N) is 3. The Bertz CT molecular complexity index is 441. The molecule has 0 amide bonds. The summed E-state index contributed by atoms with van der Waals surface area (Å²) in [5.74, 6) is 1.52. The summed E-state index contributed by atoms with van der Waals surface area (Å²) in [6, 6.07) is 0. The molecule has 2 rings (SSSR count). The molecule has 6 heteroatoms. The number of likely N-dealkylation sites (tertiary alicyclic amines) is 2. The molecule has 0 spiro atoms. The zero-order chi connectivity index (χ0) is 18.1. The number of nitrogens with one attached hydrogen (secondary N) is 1. The molecule has 2 aliphatic rings. The van der Waals surface area contributed by atoms with E-state index in [0.717, 1.165) is 58.1 Å². The maximum Gasteiger partial charge on any atom is 0.310 e. The Labute approximate surface area is 153 Å². The Balaban J connectivity index is 1.94. The molecule has 1 N–H and O–H groups in total. The third kappa shape index (κ3) is 6.17. The lowest BCUT2D eigenvalue weighted by atomic mass is 9.98. The van der Waals surface area contributed by atoms with E-state index in [1.54, 1.807) is 0 Å². The lowest BCUT2D eigenvalue weighted by molar-refractivity contribution is -0.149. The van der Waals surface area contributed by atoms with Crippen molar-refractivity contribution in [1.82, 2.24) is 15.1 Å². The normalized spacial score (nSPS) is 25.7. The topological polar surface area (TPSA) is 57.2 Å². The third-order valence-electron chi connectivity index (χ3n) is 5.23. The number of hydrogen-bond donors (Lipinski definition) is 1. The van der Waals surface area contributed by atoms with E-state index in [1.807, 2.05) is 6.92 Å². The van der Waals surface area contributed by atoms with Gasteiger partial charge in [-0.15, -0.1) is 0 Å². The number of rotatable bonds is 6. The SMILES string of the molecule is CCNC(=NCC1CCCN(CC)C1)N1CCCC(C(=O)OCC)C1. The fourth-order valence-electron chi connectivity index (χ4n) is 3.85. The Hall–Kier alpha value is -1.30. The minimum absolute atomic E-state index is 0.0252. The first-order valence-electron chi connectivity index (χ1n) is 10.1. The second kappa shape index (κ2) is 10.6. The molecule has 0 radical (unpaired) electrons. The summed E-state index contributed by atoms with van der Waals surface area (Å²) >= 11 is 0. The first-order chi connectivity index (χ1) is 12.2. The average molecular weight is 353 g/mol. The largest absolute Gasteiger partial charge is 0.466 e. The fourth-order valence-corrected chi connectivity index (χ4v) is 3.85. The summed E-state index contributed by atoms with van der Waals surface area (Å²) in [6.45, 7) is 13.6. The summed E-state index contributed by atoms with van der Waals surface area (Å²) in [5, 5.41) is 3.42. The van der Waals surface area contributed by atoms with Crippen LogP contribution in [-0.4, -0.2) is 74.1 Å². The Morgan fingerprint density at radius 1 is 1.16 bits per heavy atom. The minimum Gasteiger partial charge on any atom is -0.466 e. The number of carbonyl (C=O) groups excluding carboxylic acids is 1. The molecule has 2 saturated heterocycles. The van der Waals surface area contributed by atoms with Gasteiger partial charge in [0.05, 0.1) is 12.5 Å². The van der Waals surface area contributed by atoms with Gasteiger partial charge in [-0.3, -0.25) is 9.79 Å². The maximum atomic E-state index is 12.1. The van der Waals surface area contributed by atoms with Crippen molar-refractivity contribution in [2.75, 3.05) is 52.4 Å². The molecule has 0 saturated carbocycles. The number of esters is 1. The van der Waals surface area contributed by atoms with Crippen LogP contribution in [-0.2, 0) is 9.53 Å².